The molecular formula is C15H24FN3O. The summed E-state index contributed by atoms with van der Waals surface area (Å²) in [6.07, 6.45) is 3.78. The molecule has 0 bridgehead atoms. The molecule has 0 amide bonds. The quantitative estimate of drug-likeness (QED) is 0.867. The summed E-state index contributed by atoms with van der Waals surface area (Å²) in [5.41, 5.74) is 0.677. The minimum Gasteiger partial charge on any atom is -0.381 e. The average Bonchev–Trinajstić information content (AvgIpc) is 2.47. The van der Waals surface area contributed by atoms with Gasteiger partial charge < -0.3 is 15.0 Å². The van der Waals surface area contributed by atoms with Gasteiger partial charge in [-0.05, 0) is 31.4 Å². The highest BCUT2D eigenvalue weighted by Crippen LogP contribution is 2.22. The summed E-state index contributed by atoms with van der Waals surface area (Å²) < 4.78 is 19.8. The van der Waals surface area contributed by atoms with Crippen LogP contribution >= 0.6 is 0 Å². The van der Waals surface area contributed by atoms with Crippen LogP contribution in [0.25, 0.3) is 0 Å². The lowest BCUT2D eigenvalue weighted by Crippen LogP contribution is -2.31. The molecule has 0 unspecified atom stereocenters. The van der Waals surface area contributed by atoms with Gasteiger partial charge in [0.15, 0.2) is 11.6 Å². The van der Waals surface area contributed by atoms with Crippen molar-refractivity contribution in [2.45, 2.75) is 26.3 Å². The molecule has 2 heterocycles. The van der Waals surface area contributed by atoms with E-state index in [9.17, 15) is 4.39 Å². The molecule has 0 saturated carbocycles. The summed E-state index contributed by atoms with van der Waals surface area (Å²) >= 11 is 0. The van der Waals surface area contributed by atoms with Gasteiger partial charge in [0.05, 0.1) is 0 Å². The standard InChI is InChI=1S/C15H24FN3O/c1-3-17-10-13-4-7-18-15(14(13)16)19(2)11-12-5-8-20-9-6-12/h4,7,12,17H,3,5-6,8-11H2,1-2H3. The first kappa shape index (κ1) is 15.2. The largest absolute Gasteiger partial charge is 0.381 e. The molecule has 1 aromatic heterocycles. The maximum atomic E-state index is 14.4. The van der Waals surface area contributed by atoms with Crippen LogP contribution in [0.4, 0.5) is 10.2 Å². The minimum absolute atomic E-state index is 0.206. The van der Waals surface area contributed by atoms with Crippen LogP contribution < -0.4 is 10.2 Å². The molecule has 4 nitrogen and oxygen atoms in total. The number of nitrogens with zero attached hydrogens (tertiary/aromatic N) is 2. The van der Waals surface area contributed by atoms with E-state index in [2.05, 4.69) is 10.3 Å². The topological polar surface area (TPSA) is 37.4 Å². The Morgan fingerprint density at radius 1 is 1.45 bits per heavy atom. The molecule has 0 spiro atoms. The van der Waals surface area contributed by atoms with Crippen molar-refractivity contribution in [2.24, 2.45) is 5.92 Å². The zero-order valence-corrected chi connectivity index (χ0v) is 12.4. The highest BCUT2D eigenvalue weighted by Gasteiger charge is 2.19. The number of halogens is 1. The number of hydrogen-bond acceptors (Lipinski definition) is 4. The van der Waals surface area contributed by atoms with Crippen molar-refractivity contribution in [1.82, 2.24) is 10.3 Å². The summed E-state index contributed by atoms with van der Waals surface area (Å²) in [5, 5.41) is 3.15. The van der Waals surface area contributed by atoms with Crippen LogP contribution in [0.2, 0.25) is 0 Å². The highest BCUT2D eigenvalue weighted by atomic mass is 19.1. The average molecular weight is 281 g/mol. The second-order valence-electron chi connectivity index (χ2n) is 5.32. The SMILES string of the molecule is CCNCc1ccnc(N(C)CC2CCOCC2)c1F. The fraction of sp³-hybridized carbons (Fsp3) is 0.667. The first-order valence-corrected chi connectivity index (χ1v) is 7.35. The van der Waals surface area contributed by atoms with Crippen LogP contribution in [0.15, 0.2) is 12.3 Å². The normalized spacial score (nSPS) is 16.4. The Hall–Kier alpha value is -1.20. The monoisotopic (exact) mass is 281 g/mol. The van der Waals surface area contributed by atoms with Crippen molar-refractivity contribution in [3.8, 4) is 0 Å². The third kappa shape index (κ3) is 3.90. The first-order chi connectivity index (χ1) is 9.72. The van der Waals surface area contributed by atoms with Gasteiger partial charge in [-0.25, -0.2) is 9.37 Å². The van der Waals surface area contributed by atoms with E-state index in [4.69, 9.17) is 4.74 Å². The lowest BCUT2D eigenvalue weighted by molar-refractivity contribution is 0.0684. The molecule has 0 aromatic carbocycles. The molecule has 112 valence electrons. The fourth-order valence-electron chi connectivity index (χ4n) is 2.54. The van der Waals surface area contributed by atoms with Gasteiger partial charge >= 0.3 is 0 Å². The second-order valence-corrected chi connectivity index (χ2v) is 5.32. The molecule has 1 saturated heterocycles. The van der Waals surface area contributed by atoms with Gasteiger partial charge in [0.2, 0.25) is 0 Å². The van der Waals surface area contributed by atoms with Gasteiger partial charge in [-0.2, -0.15) is 0 Å². The second kappa shape index (κ2) is 7.55. The summed E-state index contributed by atoms with van der Waals surface area (Å²) in [5.74, 6) is 0.808. The zero-order valence-electron chi connectivity index (χ0n) is 12.4. The Morgan fingerprint density at radius 2 is 2.20 bits per heavy atom. The Bertz CT molecular complexity index is 422. The fourth-order valence-corrected chi connectivity index (χ4v) is 2.54. The number of nitrogens with one attached hydrogen (secondary N) is 1. The van der Waals surface area contributed by atoms with E-state index < -0.39 is 0 Å². The van der Waals surface area contributed by atoms with E-state index in [-0.39, 0.29) is 5.82 Å². The van der Waals surface area contributed by atoms with Crippen molar-refractivity contribution in [1.29, 1.82) is 0 Å². The minimum atomic E-state index is -0.206. The molecular weight excluding hydrogens is 257 g/mol. The number of ether oxygens (including phenoxy) is 1. The Morgan fingerprint density at radius 3 is 2.90 bits per heavy atom. The van der Waals surface area contributed by atoms with Gasteiger partial charge in [0.1, 0.15) is 0 Å². The number of anilines is 1. The predicted molar refractivity (Wildman–Crippen MR) is 78.4 cm³/mol. The summed E-state index contributed by atoms with van der Waals surface area (Å²) in [6, 6.07) is 1.74. The Labute approximate surface area is 120 Å². The molecule has 0 aliphatic carbocycles. The molecule has 0 atom stereocenters. The van der Waals surface area contributed by atoms with E-state index >= 15 is 0 Å². The molecule has 1 aliphatic heterocycles. The van der Waals surface area contributed by atoms with Crippen molar-refractivity contribution >= 4 is 5.82 Å². The van der Waals surface area contributed by atoms with E-state index in [1.807, 2.05) is 18.9 Å². The van der Waals surface area contributed by atoms with Crippen LogP contribution in [0.3, 0.4) is 0 Å². The number of hydrogen-bond donors (Lipinski definition) is 1. The van der Waals surface area contributed by atoms with Gasteiger partial charge in [-0.15, -0.1) is 0 Å². The molecule has 2 rings (SSSR count). The summed E-state index contributed by atoms with van der Waals surface area (Å²) in [7, 11) is 1.91. The predicted octanol–water partition coefficient (Wildman–Crippen LogP) is 2.19. The van der Waals surface area contributed by atoms with Crippen LogP contribution in [-0.2, 0) is 11.3 Å². The van der Waals surface area contributed by atoms with Crippen molar-refractivity contribution in [3.63, 3.8) is 0 Å². The lowest BCUT2D eigenvalue weighted by Gasteiger charge is -2.28. The van der Waals surface area contributed by atoms with Gasteiger partial charge in [-0.3, -0.25) is 0 Å². The zero-order chi connectivity index (χ0) is 14.4. The van der Waals surface area contributed by atoms with Crippen LogP contribution in [-0.4, -0.2) is 38.3 Å². The van der Waals surface area contributed by atoms with Gasteiger partial charge in [0.25, 0.3) is 0 Å². The van der Waals surface area contributed by atoms with Crippen LogP contribution in [0.5, 0.6) is 0 Å². The van der Waals surface area contributed by atoms with Gasteiger partial charge in [0, 0.05) is 45.1 Å². The van der Waals surface area contributed by atoms with Crippen molar-refractivity contribution < 1.29 is 9.13 Å². The molecule has 5 heteroatoms. The smallest absolute Gasteiger partial charge is 0.170 e. The maximum absolute atomic E-state index is 14.4. The molecule has 1 fully saturated rings. The molecule has 1 aliphatic rings. The van der Waals surface area contributed by atoms with E-state index in [0.717, 1.165) is 39.1 Å². The van der Waals surface area contributed by atoms with Crippen LogP contribution in [0, 0.1) is 11.7 Å². The van der Waals surface area contributed by atoms with E-state index in [1.165, 1.54) is 0 Å². The molecule has 1 aromatic rings. The molecule has 0 radical (unpaired) electrons. The summed E-state index contributed by atoms with van der Waals surface area (Å²) in [4.78, 5) is 6.14. The lowest BCUT2D eigenvalue weighted by atomic mass is 10.00. The number of pyridine rings is 1. The third-order valence-corrected chi connectivity index (χ3v) is 3.75. The molecule has 20 heavy (non-hydrogen) atoms. The van der Waals surface area contributed by atoms with Crippen LogP contribution in [0.1, 0.15) is 25.3 Å². The maximum Gasteiger partial charge on any atom is 0.170 e. The van der Waals surface area contributed by atoms with E-state index in [0.29, 0.717) is 23.8 Å². The Balaban J connectivity index is 2.02. The highest BCUT2D eigenvalue weighted by molar-refractivity contribution is 5.42. The Kier molecular flexibility index (Phi) is 5.73. The van der Waals surface area contributed by atoms with Gasteiger partial charge in [-0.1, -0.05) is 6.92 Å². The van der Waals surface area contributed by atoms with E-state index in [1.54, 1.807) is 12.3 Å². The molecule has 1 N–H and O–H groups in total. The number of aromatic nitrogens is 1. The summed E-state index contributed by atoms with van der Waals surface area (Å²) in [6.45, 7) is 5.84. The number of rotatable bonds is 6. The first-order valence-electron chi connectivity index (χ1n) is 7.35. The van der Waals surface area contributed by atoms with Crippen molar-refractivity contribution in [3.05, 3.63) is 23.6 Å². The third-order valence-electron chi connectivity index (χ3n) is 3.75. The van der Waals surface area contributed by atoms with Crippen molar-refractivity contribution in [2.75, 3.05) is 38.3 Å².